The predicted octanol–water partition coefficient (Wildman–Crippen LogP) is 14.4. The summed E-state index contributed by atoms with van der Waals surface area (Å²) in [5, 5.41) is 9.94. The second kappa shape index (κ2) is 12.0. The van der Waals surface area contributed by atoms with E-state index in [1.807, 2.05) is 23.7 Å². The van der Waals surface area contributed by atoms with E-state index in [-0.39, 0.29) is 0 Å². The Morgan fingerprint density at radius 1 is 0.310 bits per heavy atom. The first-order valence-electron chi connectivity index (χ1n) is 19.7. The smallest absolute Gasteiger partial charge is 0.0571 e. The van der Waals surface area contributed by atoms with Crippen molar-refractivity contribution in [3.05, 3.63) is 194 Å². The lowest BCUT2D eigenvalue weighted by Gasteiger charge is -2.11. The van der Waals surface area contributed by atoms with Crippen LogP contribution in [0.4, 0.5) is 0 Å². The van der Waals surface area contributed by atoms with Gasteiger partial charge in [0.05, 0.1) is 33.1 Å². The molecular formula is C53H32N4S. The second-order valence-corrected chi connectivity index (χ2v) is 16.3. The highest BCUT2D eigenvalue weighted by atomic mass is 32.1. The maximum Gasteiger partial charge on any atom is 0.0571 e. The van der Waals surface area contributed by atoms with Crippen LogP contribution in [0.3, 0.4) is 0 Å². The largest absolute Gasteiger partial charge is 0.309 e. The summed E-state index contributed by atoms with van der Waals surface area (Å²) in [6.45, 7) is 0. The van der Waals surface area contributed by atoms with E-state index < -0.39 is 0 Å². The zero-order valence-corrected chi connectivity index (χ0v) is 32.0. The van der Waals surface area contributed by atoms with Gasteiger partial charge in [0.15, 0.2) is 0 Å². The van der Waals surface area contributed by atoms with Crippen molar-refractivity contribution >= 4 is 96.9 Å². The molecule has 0 spiro atoms. The molecule has 0 fully saturated rings. The molecule has 58 heavy (non-hydrogen) atoms. The minimum Gasteiger partial charge on any atom is -0.309 e. The highest BCUT2D eigenvalue weighted by molar-refractivity contribution is 7.25. The third-order valence-corrected chi connectivity index (χ3v) is 13.3. The van der Waals surface area contributed by atoms with Crippen LogP contribution in [-0.2, 0) is 0 Å². The number of rotatable bonds is 4. The summed E-state index contributed by atoms with van der Waals surface area (Å²) in [5.74, 6) is 0. The molecule has 8 aromatic carbocycles. The van der Waals surface area contributed by atoms with Crippen molar-refractivity contribution in [2.45, 2.75) is 0 Å². The second-order valence-electron chi connectivity index (χ2n) is 15.2. The van der Waals surface area contributed by atoms with Crippen molar-refractivity contribution in [1.29, 1.82) is 0 Å². The van der Waals surface area contributed by atoms with Crippen LogP contribution in [0.2, 0.25) is 0 Å². The highest BCUT2D eigenvalue weighted by Gasteiger charge is 2.19. The van der Waals surface area contributed by atoms with Crippen molar-refractivity contribution in [3.63, 3.8) is 0 Å². The minimum atomic E-state index is 1.13. The summed E-state index contributed by atoms with van der Waals surface area (Å²) in [6, 6.07) is 66.8. The fourth-order valence-electron chi connectivity index (χ4n) is 9.56. The molecule has 0 saturated carbocycles. The van der Waals surface area contributed by atoms with Gasteiger partial charge >= 0.3 is 0 Å². The van der Waals surface area contributed by atoms with Gasteiger partial charge in [-0.2, -0.15) is 0 Å². The summed E-state index contributed by atoms with van der Waals surface area (Å²) in [6.07, 6.45) is 3.88. The maximum absolute atomic E-state index is 4.55. The van der Waals surface area contributed by atoms with Gasteiger partial charge in [-0.05, 0) is 108 Å². The molecule has 5 aromatic heterocycles. The Hall–Kier alpha value is -7.47. The van der Waals surface area contributed by atoms with Crippen LogP contribution >= 0.6 is 11.3 Å². The van der Waals surface area contributed by atoms with Gasteiger partial charge in [0.2, 0.25) is 0 Å². The van der Waals surface area contributed by atoms with Crippen LogP contribution < -0.4 is 0 Å². The summed E-state index contributed by atoms with van der Waals surface area (Å²) >= 11 is 1.86. The van der Waals surface area contributed by atoms with Crippen LogP contribution in [0.15, 0.2) is 194 Å². The van der Waals surface area contributed by atoms with Crippen LogP contribution in [0.25, 0.3) is 114 Å². The molecule has 270 valence electrons. The average Bonchev–Trinajstić information content (AvgIpc) is 4.02. The zero-order chi connectivity index (χ0) is 37.9. The Morgan fingerprint density at radius 2 is 0.793 bits per heavy atom. The van der Waals surface area contributed by atoms with Gasteiger partial charge in [-0.3, -0.25) is 4.98 Å². The van der Waals surface area contributed by atoms with Crippen LogP contribution in [0.1, 0.15) is 0 Å². The molecule has 13 aromatic rings. The molecule has 13 rings (SSSR count). The van der Waals surface area contributed by atoms with E-state index in [0.717, 1.165) is 22.3 Å². The third-order valence-electron chi connectivity index (χ3n) is 12.1. The van der Waals surface area contributed by atoms with Crippen molar-refractivity contribution in [2.24, 2.45) is 0 Å². The Kier molecular flexibility index (Phi) is 6.57. The van der Waals surface area contributed by atoms with Gasteiger partial charge in [-0.25, -0.2) is 0 Å². The molecule has 0 radical (unpaired) electrons. The highest BCUT2D eigenvalue weighted by Crippen LogP contribution is 2.41. The lowest BCUT2D eigenvalue weighted by atomic mass is 10.0. The van der Waals surface area contributed by atoms with E-state index in [1.54, 1.807) is 0 Å². The monoisotopic (exact) mass is 756 g/mol. The van der Waals surface area contributed by atoms with E-state index in [9.17, 15) is 0 Å². The predicted molar refractivity (Wildman–Crippen MR) is 246 cm³/mol. The van der Waals surface area contributed by atoms with Gasteiger partial charge in [0.25, 0.3) is 0 Å². The van der Waals surface area contributed by atoms with Gasteiger partial charge in [-0.15, -0.1) is 11.3 Å². The first kappa shape index (κ1) is 31.7. The first-order valence-corrected chi connectivity index (χ1v) is 20.5. The molecule has 0 saturated heterocycles. The van der Waals surface area contributed by atoms with E-state index in [0.29, 0.717) is 0 Å². The topological polar surface area (TPSA) is 27.7 Å². The molecule has 0 unspecified atom stereocenters. The molecule has 0 amide bonds. The lowest BCUT2D eigenvalue weighted by molar-refractivity contribution is 1.16. The number of para-hydroxylation sites is 3. The fraction of sp³-hybridized carbons (Fsp3) is 0. The van der Waals surface area contributed by atoms with E-state index in [1.165, 1.54) is 91.5 Å². The lowest BCUT2D eigenvalue weighted by Crippen LogP contribution is -1.95. The molecule has 0 N–H and O–H groups in total. The summed E-state index contributed by atoms with van der Waals surface area (Å²) in [5.41, 5.74) is 13.0. The van der Waals surface area contributed by atoms with E-state index in [2.05, 4.69) is 201 Å². The third kappa shape index (κ3) is 4.47. The Balaban J connectivity index is 0.973. The average molecular weight is 757 g/mol. The molecule has 0 aliphatic heterocycles. The van der Waals surface area contributed by atoms with Crippen molar-refractivity contribution in [3.8, 4) is 28.2 Å². The summed E-state index contributed by atoms with van der Waals surface area (Å²) < 4.78 is 9.83. The molecule has 0 bridgehead atoms. The Labute approximate surface area is 336 Å². The standard InChI is InChI=1S/C53H32N4S/c1-2-10-35(11-3-1)55-50-24-20-36(30-43(50)45-32-54-27-26-51(45)55)56-46-15-7-4-12-38(46)41-28-33(18-22-48(41)56)34-19-23-49-42(29-34)39-13-5-8-16-47(39)57(49)37-21-25-53-44(31-37)40-14-6-9-17-52(40)58-53/h1-32H. The van der Waals surface area contributed by atoms with Crippen molar-refractivity contribution in [2.75, 3.05) is 0 Å². The van der Waals surface area contributed by atoms with Gasteiger partial charge in [0, 0.05) is 81.9 Å². The first-order chi connectivity index (χ1) is 28.8. The quantitative estimate of drug-likeness (QED) is 0.176. The molecule has 5 heteroatoms. The number of nitrogens with zero attached hydrogens (tertiary/aromatic N) is 4. The molecule has 0 aliphatic carbocycles. The number of pyridine rings is 1. The molecule has 0 atom stereocenters. The normalized spacial score (nSPS) is 12.1. The summed E-state index contributed by atoms with van der Waals surface area (Å²) in [4.78, 5) is 4.55. The Bertz CT molecular complexity index is 3800. The number of fused-ring (bicyclic) bond motifs is 12. The Morgan fingerprint density at radius 3 is 1.48 bits per heavy atom. The molecular weight excluding hydrogens is 725 g/mol. The fourth-order valence-corrected chi connectivity index (χ4v) is 10.6. The van der Waals surface area contributed by atoms with E-state index >= 15 is 0 Å². The zero-order valence-electron chi connectivity index (χ0n) is 31.2. The number of aromatic nitrogens is 4. The van der Waals surface area contributed by atoms with Gasteiger partial charge in [0.1, 0.15) is 0 Å². The maximum atomic E-state index is 4.55. The van der Waals surface area contributed by atoms with Crippen LogP contribution in [0.5, 0.6) is 0 Å². The number of benzene rings is 8. The number of hydrogen-bond acceptors (Lipinski definition) is 2. The minimum absolute atomic E-state index is 1.13. The number of hydrogen-bond donors (Lipinski definition) is 0. The van der Waals surface area contributed by atoms with Crippen LogP contribution in [0, 0.1) is 0 Å². The van der Waals surface area contributed by atoms with E-state index in [4.69, 9.17) is 0 Å². The molecule has 0 aliphatic rings. The van der Waals surface area contributed by atoms with Crippen LogP contribution in [-0.4, -0.2) is 18.7 Å². The molecule has 5 heterocycles. The van der Waals surface area contributed by atoms with Crippen molar-refractivity contribution in [1.82, 2.24) is 18.7 Å². The molecule has 4 nitrogen and oxygen atoms in total. The van der Waals surface area contributed by atoms with Crippen molar-refractivity contribution < 1.29 is 0 Å². The SMILES string of the molecule is c1ccc(-n2c3ccncc3c3cc(-n4c5ccccc5c5cc(-c6ccc7c(c6)c6ccccc6n7-c6ccc7sc8ccccc8c7c6)ccc54)ccc32)cc1. The summed E-state index contributed by atoms with van der Waals surface area (Å²) in [7, 11) is 0. The van der Waals surface area contributed by atoms with Gasteiger partial charge < -0.3 is 13.7 Å². The number of thiophene rings is 1. The van der Waals surface area contributed by atoms with Gasteiger partial charge in [-0.1, -0.05) is 84.9 Å².